The second kappa shape index (κ2) is 8.57. The maximum atomic E-state index is 12.9. The van der Waals surface area contributed by atoms with E-state index in [0.29, 0.717) is 30.0 Å². The number of nitrogens with one attached hydrogen (secondary N) is 2. The van der Waals surface area contributed by atoms with E-state index in [1.807, 2.05) is 0 Å². The molecule has 5 nitrogen and oxygen atoms in total. The number of rotatable bonds is 5. The van der Waals surface area contributed by atoms with Crippen LogP contribution in [0.5, 0.6) is 0 Å². The van der Waals surface area contributed by atoms with Gasteiger partial charge in [-0.05, 0) is 84.4 Å². The monoisotopic (exact) mass is 449 g/mol. The van der Waals surface area contributed by atoms with Gasteiger partial charge in [0.05, 0.1) is 6.04 Å². The number of carbonyl (C=O) groups excluding carboxylic acids is 1. The Labute approximate surface area is 198 Å². The van der Waals surface area contributed by atoms with Crippen molar-refractivity contribution in [2.45, 2.75) is 90.0 Å². The third-order valence-corrected chi connectivity index (χ3v) is 8.93. The van der Waals surface area contributed by atoms with E-state index >= 15 is 0 Å². The molecule has 0 bridgehead atoms. The molecule has 2 aromatic rings. The van der Waals surface area contributed by atoms with Crippen molar-refractivity contribution >= 4 is 5.91 Å². The van der Waals surface area contributed by atoms with Crippen LogP contribution in [-0.2, 0) is 11.8 Å². The van der Waals surface area contributed by atoms with Crippen molar-refractivity contribution < 1.29 is 9.21 Å². The van der Waals surface area contributed by atoms with Crippen LogP contribution in [0.2, 0.25) is 0 Å². The molecule has 1 saturated heterocycles. The van der Waals surface area contributed by atoms with Gasteiger partial charge in [0.2, 0.25) is 5.89 Å². The highest BCUT2D eigenvalue weighted by Gasteiger charge is 2.51. The molecule has 4 unspecified atom stereocenters. The third-order valence-electron chi connectivity index (χ3n) is 8.93. The molecule has 5 rings (SSSR count). The molecular formula is C28H39N3O2. The summed E-state index contributed by atoms with van der Waals surface area (Å²) in [7, 11) is 0. The van der Waals surface area contributed by atoms with Crippen molar-refractivity contribution in [2.24, 2.45) is 11.3 Å². The first-order valence-corrected chi connectivity index (χ1v) is 12.9. The summed E-state index contributed by atoms with van der Waals surface area (Å²) in [5.41, 5.74) is 5.19. The number of benzene rings is 1. The van der Waals surface area contributed by atoms with E-state index in [4.69, 9.17) is 4.42 Å². The molecule has 2 fully saturated rings. The molecule has 178 valence electrons. The zero-order valence-electron chi connectivity index (χ0n) is 20.7. The van der Waals surface area contributed by atoms with Gasteiger partial charge >= 0.3 is 0 Å². The lowest BCUT2D eigenvalue weighted by molar-refractivity contribution is 0.0254. The average molecular weight is 450 g/mol. The molecular weight excluding hydrogens is 410 g/mol. The van der Waals surface area contributed by atoms with Crippen LogP contribution in [0.4, 0.5) is 0 Å². The van der Waals surface area contributed by atoms with Crippen LogP contribution in [-0.4, -0.2) is 24.0 Å². The maximum absolute atomic E-state index is 12.9. The first-order valence-electron chi connectivity index (χ1n) is 12.9. The number of nitrogens with zero attached hydrogens (tertiary/aromatic N) is 1. The second-order valence-corrected chi connectivity index (χ2v) is 11.5. The third kappa shape index (κ3) is 4.03. The van der Waals surface area contributed by atoms with Gasteiger partial charge in [0.15, 0.2) is 5.69 Å². The Morgan fingerprint density at radius 3 is 2.85 bits per heavy atom. The lowest BCUT2D eigenvalue weighted by atomic mass is 9.49. The van der Waals surface area contributed by atoms with Crippen LogP contribution in [0, 0.1) is 11.3 Å². The summed E-state index contributed by atoms with van der Waals surface area (Å²) < 4.78 is 5.62. The van der Waals surface area contributed by atoms with E-state index < -0.39 is 0 Å². The Balaban J connectivity index is 1.31. The summed E-state index contributed by atoms with van der Waals surface area (Å²) in [4.78, 5) is 17.4. The fourth-order valence-electron chi connectivity index (χ4n) is 7.03. The van der Waals surface area contributed by atoms with E-state index in [1.54, 1.807) is 11.1 Å². The molecule has 2 aliphatic carbocycles. The first kappa shape index (κ1) is 22.6. The van der Waals surface area contributed by atoms with E-state index in [0.717, 1.165) is 32.2 Å². The van der Waals surface area contributed by atoms with Crippen LogP contribution in [0.3, 0.4) is 0 Å². The highest BCUT2D eigenvalue weighted by Crippen LogP contribution is 2.57. The average Bonchev–Trinajstić information content (AvgIpc) is 3.49. The maximum Gasteiger partial charge on any atom is 0.273 e. The summed E-state index contributed by atoms with van der Waals surface area (Å²) in [6.45, 7) is 11.1. The lowest BCUT2D eigenvalue weighted by Crippen LogP contribution is -2.53. The first-order chi connectivity index (χ1) is 15.8. The quantitative estimate of drug-likeness (QED) is 0.618. The van der Waals surface area contributed by atoms with Gasteiger partial charge in [0.1, 0.15) is 6.26 Å². The van der Waals surface area contributed by atoms with Gasteiger partial charge in [-0.1, -0.05) is 52.3 Å². The molecule has 0 radical (unpaired) electrons. The summed E-state index contributed by atoms with van der Waals surface area (Å²) in [5, 5.41) is 6.61. The molecule has 1 aromatic heterocycles. The molecule has 2 N–H and O–H groups in total. The van der Waals surface area contributed by atoms with E-state index in [1.165, 1.54) is 31.1 Å². The predicted molar refractivity (Wildman–Crippen MR) is 130 cm³/mol. The summed E-state index contributed by atoms with van der Waals surface area (Å²) >= 11 is 0. The molecule has 33 heavy (non-hydrogen) atoms. The van der Waals surface area contributed by atoms with E-state index in [-0.39, 0.29) is 22.8 Å². The predicted octanol–water partition coefficient (Wildman–Crippen LogP) is 5.66. The number of aryl methyl sites for hydroxylation is 1. The topological polar surface area (TPSA) is 67.2 Å². The summed E-state index contributed by atoms with van der Waals surface area (Å²) in [5.74, 6) is 1.65. The van der Waals surface area contributed by atoms with Gasteiger partial charge in [-0.3, -0.25) is 4.79 Å². The largest absolute Gasteiger partial charge is 0.446 e. The van der Waals surface area contributed by atoms with Crippen molar-refractivity contribution in [1.29, 1.82) is 0 Å². The zero-order valence-corrected chi connectivity index (χ0v) is 20.7. The zero-order chi connectivity index (χ0) is 23.2. The van der Waals surface area contributed by atoms with Crippen molar-refractivity contribution in [3.8, 4) is 0 Å². The van der Waals surface area contributed by atoms with E-state index in [2.05, 4.69) is 61.5 Å². The Hall–Kier alpha value is -2.14. The molecule has 1 amide bonds. The van der Waals surface area contributed by atoms with Crippen molar-refractivity contribution in [3.05, 3.63) is 52.7 Å². The minimum absolute atomic E-state index is 0.0800. The van der Waals surface area contributed by atoms with Crippen molar-refractivity contribution in [2.75, 3.05) is 13.1 Å². The molecule has 1 aromatic carbocycles. The minimum atomic E-state index is -0.116. The molecule has 3 aliphatic rings. The Kier molecular flexibility index (Phi) is 5.88. The van der Waals surface area contributed by atoms with Gasteiger partial charge in [-0.2, -0.15) is 0 Å². The molecule has 1 saturated carbocycles. The van der Waals surface area contributed by atoms with Crippen molar-refractivity contribution in [1.82, 2.24) is 15.6 Å². The second-order valence-electron chi connectivity index (χ2n) is 11.5. The molecule has 5 heteroatoms. The van der Waals surface area contributed by atoms with Crippen LogP contribution in [0.15, 0.2) is 28.9 Å². The Bertz CT molecular complexity index is 1020. The van der Waals surface area contributed by atoms with Gasteiger partial charge in [0.25, 0.3) is 5.91 Å². The highest BCUT2D eigenvalue weighted by atomic mass is 16.3. The molecule has 2 heterocycles. The fraction of sp³-hybridized carbons (Fsp3) is 0.643. The summed E-state index contributed by atoms with van der Waals surface area (Å²) in [6.07, 6.45) is 9.57. The van der Waals surface area contributed by atoms with Gasteiger partial charge in [-0.15, -0.1) is 0 Å². The minimum Gasteiger partial charge on any atom is -0.446 e. The lowest BCUT2D eigenvalue weighted by Gasteiger charge is -2.55. The van der Waals surface area contributed by atoms with Crippen LogP contribution in [0.1, 0.15) is 111 Å². The van der Waals surface area contributed by atoms with E-state index in [9.17, 15) is 4.79 Å². The number of hydrogen-bond acceptors (Lipinski definition) is 4. The smallest absolute Gasteiger partial charge is 0.273 e. The molecule has 4 atom stereocenters. The number of carbonyl (C=O) groups is 1. The SMILES string of the molecule is CC(C)c1ccc2c(c1)CCC1C(C)(CNC(=O)c3coc(C4CCCN4)n3)CCCC21C. The summed E-state index contributed by atoms with van der Waals surface area (Å²) in [6, 6.07) is 7.35. The molecule has 0 spiro atoms. The van der Waals surface area contributed by atoms with Gasteiger partial charge in [0, 0.05) is 6.54 Å². The highest BCUT2D eigenvalue weighted by molar-refractivity contribution is 5.91. The van der Waals surface area contributed by atoms with Crippen LogP contribution >= 0.6 is 0 Å². The van der Waals surface area contributed by atoms with Crippen LogP contribution in [0.25, 0.3) is 0 Å². The number of aromatic nitrogens is 1. The van der Waals surface area contributed by atoms with Gasteiger partial charge in [-0.25, -0.2) is 4.98 Å². The molecule has 1 aliphatic heterocycles. The van der Waals surface area contributed by atoms with Crippen LogP contribution < -0.4 is 10.6 Å². The fourth-order valence-corrected chi connectivity index (χ4v) is 7.03. The van der Waals surface area contributed by atoms with Gasteiger partial charge < -0.3 is 15.1 Å². The number of amides is 1. The normalized spacial score (nSPS) is 31.3. The number of fused-ring (bicyclic) bond motifs is 3. The Morgan fingerprint density at radius 1 is 1.24 bits per heavy atom. The Morgan fingerprint density at radius 2 is 2.09 bits per heavy atom. The van der Waals surface area contributed by atoms with Crippen molar-refractivity contribution in [3.63, 3.8) is 0 Å². The number of hydrogen-bond donors (Lipinski definition) is 2. The number of oxazole rings is 1. The standard InChI is InChI=1S/C28H39N3O2/c1-18(2)19-8-10-21-20(15-19)9-11-24-27(3,12-6-13-28(21,24)4)17-30-25(32)23-16-33-26(31-23)22-7-5-14-29-22/h8,10,15-16,18,22,24,29H,5-7,9,11-14,17H2,1-4H3,(H,30,32).